The van der Waals surface area contributed by atoms with Crippen LogP contribution in [0.2, 0.25) is 0 Å². The summed E-state index contributed by atoms with van der Waals surface area (Å²) in [7, 11) is 1.89. The van der Waals surface area contributed by atoms with Crippen LogP contribution in [0.5, 0.6) is 0 Å². The molecule has 78 valence electrons. The van der Waals surface area contributed by atoms with Crippen LogP contribution in [0.4, 0.5) is 0 Å². The number of hydrogen-bond donors (Lipinski definition) is 3. The molecule has 0 radical (unpaired) electrons. The first kappa shape index (κ1) is 8.95. The third kappa shape index (κ3) is 1.14. The van der Waals surface area contributed by atoms with E-state index < -0.39 is 6.10 Å². The number of nitrogens with one attached hydrogen (secondary N) is 2. The number of likely N-dealkylation sites (N-methyl/N-ethyl adjacent to an activating group) is 1. The fourth-order valence-electron chi connectivity index (χ4n) is 2.52. The van der Waals surface area contributed by atoms with Crippen molar-refractivity contribution >= 4 is 10.9 Å². The van der Waals surface area contributed by atoms with Gasteiger partial charge in [-0.05, 0) is 30.7 Å². The molecule has 1 heterocycles. The summed E-state index contributed by atoms with van der Waals surface area (Å²) in [5.41, 5.74) is 3.45. The number of aromatic nitrogens is 1. The van der Waals surface area contributed by atoms with Crippen molar-refractivity contribution in [2.24, 2.45) is 0 Å². The second-order valence-electron chi connectivity index (χ2n) is 4.13. The fraction of sp³-hybridized carbons (Fsp3) is 0.333. The topological polar surface area (TPSA) is 48.0 Å². The van der Waals surface area contributed by atoms with Crippen molar-refractivity contribution < 1.29 is 5.11 Å². The average molecular weight is 202 g/mol. The van der Waals surface area contributed by atoms with E-state index in [4.69, 9.17) is 0 Å². The van der Waals surface area contributed by atoms with E-state index in [-0.39, 0.29) is 6.04 Å². The van der Waals surface area contributed by atoms with E-state index in [2.05, 4.69) is 16.4 Å². The second kappa shape index (κ2) is 3.08. The lowest BCUT2D eigenvalue weighted by Crippen LogP contribution is -2.36. The normalized spacial score (nSPS) is 24.7. The Bertz CT molecular complexity index is 503. The summed E-state index contributed by atoms with van der Waals surface area (Å²) in [6.07, 6.45) is 2.53. The lowest BCUT2D eigenvalue weighted by atomic mass is 9.87. The highest BCUT2D eigenvalue weighted by Gasteiger charge is 2.28. The Morgan fingerprint density at radius 3 is 3.13 bits per heavy atom. The van der Waals surface area contributed by atoms with Gasteiger partial charge in [0.15, 0.2) is 0 Å². The van der Waals surface area contributed by atoms with Crippen LogP contribution in [-0.2, 0) is 6.42 Å². The Labute approximate surface area is 88.1 Å². The van der Waals surface area contributed by atoms with Crippen molar-refractivity contribution in [2.45, 2.75) is 18.6 Å². The van der Waals surface area contributed by atoms with Crippen molar-refractivity contribution in [1.82, 2.24) is 10.3 Å². The van der Waals surface area contributed by atoms with Crippen LogP contribution in [0.3, 0.4) is 0 Å². The number of aliphatic hydroxyl groups is 1. The highest BCUT2D eigenvalue weighted by molar-refractivity contribution is 5.88. The van der Waals surface area contributed by atoms with Crippen LogP contribution in [0, 0.1) is 0 Å². The van der Waals surface area contributed by atoms with Crippen LogP contribution in [0.1, 0.15) is 17.2 Å². The maximum absolute atomic E-state index is 10.2. The van der Waals surface area contributed by atoms with E-state index in [0.717, 1.165) is 17.5 Å². The van der Waals surface area contributed by atoms with Gasteiger partial charge in [-0.1, -0.05) is 12.1 Å². The smallest absolute Gasteiger partial charge is 0.0952 e. The number of rotatable bonds is 1. The molecule has 3 N–H and O–H groups in total. The lowest BCUT2D eigenvalue weighted by Gasteiger charge is -2.27. The monoisotopic (exact) mass is 202 g/mol. The molecule has 2 unspecified atom stereocenters. The second-order valence-corrected chi connectivity index (χ2v) is 4.13. The van der Waals surface area contributed by atoms with E-state index in [1.165, 1.54) is 10.9 Å². The molecule has 0 amide bonds. The molecule has 0 saturated heterocycles. The van der Waals surface area contributed by atoms with Gasteiger partial charge in [-0.15, -0.1) is 0 Å². The van der Waals surface area contributed by atoms with Gasteiger partial charge in [0.05, 0.1) is 6.10 Å². The van der Waals surface area contributed by atoms with Gasteiger partial charge >= 0.3 is 0 Å². The summed E-state index contributed by atoms with van der Waals surface area (Å²) in [5, 5.41) is 14.5. The third-order valence-corrected chi connectivity index (χ3v) is 3.33. The van der Waals surface area contributed by atoms with Gasteiger partial charge < -0.3 is 15.4 Å². The maximum Gasteiger partial charge on any atom is 0.0952 e. The number of aromatic amines is 1. The Morgan fingerprint density at radius 2 is 2.33 bits per heavy atom. The lowest BCUT2D eigenvalue weighted by molar-refractivity contribution is 0.130. The molecule has 2 aromatic rings. The van der Waals surface area contributed by atoms with Crippen LogP contribution in [0.15, 0.2) is 24.4 Å². The van der Waals surface area contributed by atoms with Crippen molar-refractivity contribution in [3.63, 3.8) is 0 Å². The number of hydrogen-bond acceptors (Lipinski definition) is 2. The Morgan fingerprint density at radius 1 is 1.47 bits per heavy atom. The van der Waals surface area contributed by atoms with Gasteiger partial charge in [-0.3, -0.25) is 0 Å². The molecular formula is C12H14N2O. The highest BCUT2D eigenvalue weighted by atomic mass is 16.3. The van der Waals surface area contributed by atoms with Crippen LogP contribution in [0.25, 0.3) is 10.9 Å². The van der Waals surface area contributed by atoms with Crippen molar-refractivity contribution in [1.29, 1.82) is 0 Å². The van der Waals surface area contributed by atoms with Crippen LogP contribution in [-0.4, -0.2) is 23.2 Å². The first-order valence-corrected chi connectivity index (χ1v) is 5.25. The van der Waals surface area contributed by atoms with Crippen LogP contribution < -0.4 is 5.32 Å². The molecule has 0 aliphatic heterocycles. The summed E-state index contributed by atoms with van der Waals surface area (Å²) in [5.74, 6) is 0. The number of aliphatic hydroxyl groups excluding tert-OH is 1. The highest BCUT2D eigenvalue weighted by Crippen LogP contribution is 2.35. The zero-order chi connectivity index (χ0) is 10.4. The van der Waals surface area contributed by atoms with E-state index in [0.29, 0.717) is 0 Å². The molecule has 0 bridgehead atoms. The fourth-order valence-corrected chi connectivity index (χ4v) is 2.52. The van der Waals surface area contributed by atoms with E-state index >= 15 is 0 Å². The minimum absolute atomic E-state index is 0.124. The average Bonchev–Trinajstić information content (AvgIpc) is 2.68. The molecule has 1 aliphatic rings. The molecule has 15 heavy (non-hydrogen) atoms. The Kier molecular flexibility index (Phi) is 1.84. The predicted octanol–water partition coefficient (Wildman–Crippen LogP) is 1.35. The van der Waals surface area contributed by atoms with E-state index in [1.54, 1.807) is 0 Å². The molecule has 0 spiro atoms. The molecule has 2 atom stereocenters. The molecule has 3 heteroatoms. The third-order valence-electron chi connectivity index (χ3n) is 3.33. The Hall–Kier alpha value is -1.32. The zero-order valence-electron chi connectivity index (χ0n) is 8.62. The van der Waals surface area contributed by atoms with Gasteiger partial charge in [0.2, 0.25) is 0 Å². The van der Waals surface area contributed by atoms with E-state index in [1.807, 2.05) is 25.4 Å². The molecule has 1 aliphatic carbocycles. The molecule has 0 saturated carbocycles. The summed E-state index contributed by atoms with van der Waals surface area (Å²) >= 11 is 0. The quantitative estimate of drug-likeness (QED) is 0.653. The molecule has 1 aromatic carbocycles. The largest absolute Gasteiger partial charge is 0.387 e. The van der Waals surface area contributed by atoms with Crippen molar-refractivity contribution in [3.8, 4) is 0 Å². The van der Waals surface area contributed by atoms with Gasteiger partial charge in [-0.25, -0.2) is 0 Å². The van der Waals surface area contributed by atoms with Gasteiger partial charge in [0.25, 0.3) is 0 Å². The van der Waals surface area contributed by atoms with Crippen molar-refractivity contribution in [2.75, 3.05) is 7.05 Å². The SMILES string of the molecule is CNC1Cc2c[nH]c3cccc(c23)C1O. The Balaban J connectivity index is 2.27. The van der Waals surface area contributed by atoms with Gasteiger partial charge in [0.1, 0.15) is 0 Å². The molecule has 3 nitrogen and oxygen atoms in total. The molecule has 1 aromatic heterocycles. The summed E-state index contributed by atoms with van der Waals surface area (Å²) in [6.45, 7) is 0. The first-order chi connectivity index (χ1) is 7.31. The molecule has 3 rings (SSSR count). The zero-order valence-corrected chi connectivity index (χ0v) is 8.62. The van der Waals surface area contributed by atoms with Crippen molar-refractivity contribution in [3.05, 3.63) is 35.5 Å². The summed E-state index contributed by atoms with van der Waals surface area (Å²) in [4.78, 5) is 3.25. The maximum atomic E-state index is 10.2. The van der Waals surface area contributed by atoms with Crippen LogP contribution >= 0.6 is 0 Å². The summed E-state index contributed by atoms with van der Waals surface area (Å²) in [6, 6.07) is 6.17. The minimum atomic E-state index is -0.401. The van der Waals surface area contributed by atoms with Gasteiger partial charge in [-0.2, -0.15) is 0 Å². The molecule has 0 fully saturated rings. The molecular weight excluding hydrogens is 188 g/mol. The minimum Gasteiger partial charge on any atom is -0.387 e. The number of benzene rings is 1. The number of H-pyrrole nitrogens is 1. The standard InChI is InChI=1S/C12H14N2O/c1-13-10-5-7-6-14-9-4-2-3-8(11(7)9)12(10)15/h2-4,6,10,12-15H,5H2,1H3. The van der Waals surface area contributed by atoms with Gasteiger partial charge in [0, 0.05) is 23.1 Å². The first-order valence-electron chi connectivity index (χ1n) is 5.25. The summed E-state index contributed by atoms with van der Waals surface area (Å²) < 4.78 is 0. The van der Waals surface area contributed by atoms with E-state index in [9.17, 15) is 5.11 Å². The predicted molar refractivity (Wildman–Crippen MR) is 59.8 cm³/mol.